The van der Waals surface area contributed by atoms with Crippen LogP contribution in [-0.2, 0) is 10.1 Å². The van der Waals surface area contributed by atoms with E-state index in [-0.39, 0.29) is 5.02 Å². The number of rotatable bonds is 3. The number of ether oxygens (including phenoxy) is 1. The third-order valence-electron chi connectivity index (χ3n) is 1.61. The number of benzene rings is 1. The minimum absolute atomic E-state index is 0.332. The van der Waals surface area contributed by atoms with E-state index in [1.165, 1.54) is 0 Å². The Balaban J connectivity index is 3.20. The molecule has 0 aliphatic carbocycles. The molecule has 0 aliphatic rings. The zero-order valence-electron chi connectivity index (χ0n) is 8.92. The third-order valence-corrected chi connectivity index (χ3v) is 2.82. The van der Waals surface area contributed by atoms with Crippen LogP contribution in [0.15, 0.2) is 18.2 Å². The van der Waals surface area contributed by atoms with Gasteiger partial charge in [0.1, 0.15) is 0 Å². The molecule has 0 atom stereocenters. The first-order valence-electron chi connectivity index (χ1n) is 4.38. The zero-order valence-corrected chi connectivity index (χ0v) is 10.5. The molecule has 0 saturated carbocycles. The summed E-state index contributed by atoms with van der Waals surface area (Å²) in [4.78, 5) is 0. The van der Waals surface area contributed by atoms with Crippen LogP contribution in [0.5, 0.6) is 11.5 Å². The van der Waals surface area contributed by atoms with Crippen molar-refractivity contribution in [1.29, 1.82) is 0 Å². The number of hydrogen-bond donors (Lipinski definition) is 0. The summed E-state index contributed by atoms with van der Waals surface area (Å²) in [6.45, 7) is 0. The van der Waals surface area contributed by atoms with Crippen molar-refractivity contribution in [3.8, 4) is 11.5 Å². The molecule has 1 rings (SSSR count). The van der Waals surface area contributed by atoms with Crippen LogP contribution < -0.4 is 8.92 Å². The summed E-state index contributed by atoms with van der Waals surface area (Å²) in [5.41, 5.74) is -5.80. The minimum atomic E-state index is -6.13. The second kappa shape index (κ2) is 5.20. The van der Waals surface area contributed by atoms with Gasteiger partial charge in [-0.15, -0.1) is 13.2 Å². The summed E-state index contributed by atoms with van der Waals surface area (Å²) < 4.78 is 101. The van der Waals surface area contributed by atoms with Crippen molar-refractivity contribution >= 4 is 21.7 Å². The van der Waals surface area contributed by atoms with Gasteiger partial charge in [-0.2, -0.15) is 21.6 Å². The predicted molar refractivity (Wildman–Crippen MR) is 53.7 cm³/mol. The standard InChI is InChI=1S/C8H3ClF6O4S/c9-4-1-2-5(6(3-4)18-7(10,11)12)19-20(16,17)8(13,14)15/h1-3H. The van der Waals surface area contributed by atoms with Gasteiger partial charge in [-0.1, -0.05) is 11.6 Å². The highest BCUT2D eigenvalue weighted by atomic mass is 35.5. The van der Waals surface area contributed by atoms with Crippen LogP contribution >= 0.6 is 11.6 Å². The topological polar surface area (TPSA) is 52.6 Å². The molecule has 0 saturated heterocycles. The van der Waals surface area contributed by atoms with Crippen LogP contribution in [0.2, 0.25) is 5.02 Å². The second-order valence-electron chi connectivity index (χ2n) is 3.12. The molecule has 0 heterocycles. The van der Waals surface area contributed by atoms with Gasteiger partial charge in [-0.25, -0.2) is 0 Å². The fourth-order valence-corrected chi connectivity index (χ4v) is 1.55. The fraction of sp³-hybridized carbons (Fsp3) is 0.250. The summed E-state index contributed by atoms with van der Waals surface area (Å²) in [5, 5.41) is -0.332. The lowest BCUT2D eigenvalue weighted by Crippen LogP contribution is -2.28. The predicted octanol–water partition coefficient (Wildman–Crippen LogP) is 3.47. The molecule has 0 spiro atoms. The van der Waals surface area contributed by atoms with Gasteiger partial charge in [-0.05, 0) is 12.1 Å². The molecular weight excluding hydrogens is 342 g/mol. The van der Waals surface area contributed by atoms with Gasteiger partial charge in [0.05, 0.1) is 0 Å². The third kappa shape index (κ3) is 4.34. The van der Waals surface area contributed by atoms with Crippen LogP contribution in [-0.4, -0.2) is 20.3 Å². The fourth-order valence-electron chi connectivity index (χ4n) is 0.921. The Bertz CT molecular complexity index is 594. The molecule has 1 aromatic carbocycles. The molecule has 0 bridgehead atoms. The largest absolute Gasteiger partial charge is 0.573 e. The first kappa shape index (κ1) is 16.7. The first-order valence-corrected chi connectivity index (χ1v) is 6.16. The van der Waals surface area contributed by atoms with Crippen molar-refractivity contribution in [2.45, 2.75) is 11.9 Å². The number of hydrogen-bond acceptors (Lipinski definition) is 4. The van der Waals surface area contributed by atoms with E-state index >= 15 is 0 Å². The van der Waals surface area contributed by atoms with Crippen LogP contribution in [0.25, 0.3) is 0 Å². The maximum atomic E-state index is 12.1. The number of alkyl halides is 6. The molecule has 1 aromatic rings. The Kier molecular flexibility index (Phi) is 4.34. The van der Waals surface area contributed by atoms with Gasteiger partial charge < -0.3 is 8.92 Å². The highest BCUT2D eigenvalue weighted by Crippen LogP contribution is 2.37. The summed E-state index contributed by atoms with van der Waals surface area (Å²) >= 11 is 5.33. The lowest BCUT2D eigenvalue weighted by molar-refractivity contribution is -0.274. The molecule has 4 nitrogen and oxygen atoms in total. The summed E-state index contributed by atoms with van der Waals surface area (Å²) in [7, 11) is -6.13. The maximum absolute atomic E-state index is 12.1. The molecule has 0 radical (unpaired) electrons. The molecule has 0 aromatic heterocycles. The molecule has 0 aliphatic heterocycles. The quantitative estimate of drug-likeness (QED) is 0.479. The van der Waals surface area contributed by atoms with E-state index in [2.05, 4.69) is 8.92 Å². The van der Waals surface area contributed by atoms with Crippen molar-refractivity contribution in [2.24, 2.45) is 0 Å². The van der Waals surface area contributed by atoms with Gasteiger partial charge in [0.25, 0.3) is 0 Å². The van der Waals surface area contributed by atoms with Crippen LogP contribution in [0.4, 0.5) is 26.3 Å². The van der Waals surface area contributed by atoms with Gasteiger partial charge in [0.15, 0.2) is 11.5 Å². The van der Waals surface area contributed by atoms with E-state index in [0.29, 0.717) is 12.1 Å². The summed E-state index contributed by atoms with van der Waals surface area (Å²) in [6.07, 6.45) is -5.27. The monoisotopic (exact) mass is 344 g/mol. The Morgan fingerprint density at radius 3 is 2.00 bits per heavy atom. The van der Waals surface area contributed by atoms with Gasteiger partial charge >= 0.3 is 22.0 Å². The van der Waals surface area contributed by atoms with Crippen molar-refractivity contribution in [3.05, 3.63) is 23.2 Å². The van der Waals surface area contributed by atoms with Crippen LogP contribution in [0.3, 0.4) is 0 Å². The zero-order chi connectivity index (χ0) is 15.8. The molecular formula is C8H3ClF6O4S. The van der Waals surface area contributed by atoms with E-state index in [9.17, 15) is 34.8 Å². The van der Waals surface area contributed by atoms with Gasteiger partial charge in [0, 0.05) is 11.1 Å². The summed E-state index contributed by atoms with van der Waals surface area (Å²) in [6, 6.07) is 1.77. The van der Waals surface area contributed by atoms with E-state index in [1.807, 2.05) is 0 Å². The summed E-state index contributed by atoms with van der Waals surface area (Å²) in [5.74, 6) is -2.62. The maximum Gasteiger partial charge on any atom is 0.573 e. The van der Waals surface area contributed by atoms with Crippen molar-refractivity contribution in [3.63, 3.8) is 0 Å². The molecule has 0 fully saturated rings. The van der Waals surface area contributed by atoms with Crippen LogP contribution in [0.1, 0.15) is 0 Å². The lowest BCUT2D eigenvalue weighted by Gasteiger charge is -2.14. The molecule has 0 N–H and O–H groups in total. The molecule has 0 amide bonds. The minimum Gasteiger partial charge on any atom is -0.402 e. The van der Waals surface area contributed by atoms with E-state index < -0.39 is 33.5 Å². The van der Waals surface area contributed by atoms with Crippen LogP contribution in [0, 0.1) is 0 Å². The van der Waals surface area contributed by atoms with E-state index in [4.69, 9.17) is 11.6 Å². The normalized spacial score (nSPS) is 13.2. The average molecular weight is 345 g/mol. The van der Waals surface area contributed by atoms with Crippen molar-refractivity contribution in [1.82, 2.24) is 0 Å². The Morgan fingerprint density at radius 1 is 1.00 bits per heavy atom. The van der Waals surface area contributed by atoms with Crippen molar-refractivity contribution < 1.29 is 43.7 Å². The van der Waals surface area contributed by atoms with E-state index in [0.717, 1.165) is 6.07 Å². The van der Waals surface area contributed by atoms with Gasteiger partial charge in [-0.3, -0.25) is 0 Å². The Labute approximate surface area is 113 Å². The molecule has 0 unspecified atom stereocenters. The smallest absolute Gasteiger partial charge is 0.402 e. The molecule has 12 heteroatoms. The Morgan fingerprint density at radius 2 is 1.55 bits per heavy atom. The second-order valence-corrected chi connectivity index (χ2v) is 5.10. The number of halogens is 7. The Hall–Kier alpha value is -1.36. The average Bonchev–Trinajstić information content (AvgIpc) is 2.18. The highest BCUT2D eigenvalue weighted by Gasteiger charge is 2.49. The molecule has 114 valence electrons. The van der Waals surface area contributed by atoms with Crippen molar-refractivity contribution in [2.75, 3.05) is 0 Å². The molecule has 20 heavy (non-hydrogen) atoms. The SMILES string of the molecule is O=S(=O)(Oc1ccc(Cl)cc1OC(F)(F)F)C(F)(F)F. The highest BCUT2D eigenvalue weighted by molar-refractivity contribution is 7.88. The first-order chi connectivity index (χ1) is 8.82. The van der Waals surface area contributed by atoms with Gasteiger partial charge in [0.2, 0.25) is 0 Å². The van der Waals surface area contributed by atoms with E-state index in [1.54, 1.807) is 0 Å². The lowest BCUT2D eigenvalue weighted by atomic mass is 10.3.